The van der Waals surface area contributed by atoms with E-state index in [1.54, 1.807) is 13.2 Å². The predicted molar refractivity (Wildman–Crippen MR) is 75.7 cm³/mol. The molecule has 5 nitrogen and oxygen atoms in total. The van der Waals surface area contributed by atoms with Crippen LogP contribution in [-0.4, -0.2) is 54.9 Å². The van der Waals surface area contributed by atoms with Gasteiger partial charge in [0.05, 0.1) is 30.6 Å². The summed E-state index contributed by atoms with van der Waals surface area (Å²) in [5.74, 6) is -0.235. The zero-order valence-corrected chi connectivity index (χ0v) is 12.3. The third-order valence-corrected chi connectivity index (χ3v) is 3.19. The molecule has 3 N–H and O–H groups in total. The number of aromatic nitrogens is 1. The van der Waals surface area contributed by atoms with Gasteiger partial charge in [-0.1, -0.05) is 6.92 Å². The molecule has 1 rings (SSSR count). The Hall–Kier alpha value is -1.08. The van der Waals surface area contributed by atoms with Gasteiger partial charge in [0.25, 0.3) is 0 Å². The number of rotatable bonds is 8. The van der Waals surface area contributed by atoms with Gasteiger partial charge in [0, 0.05) is 20.2 Å². The van der Waals surface area contributed by atoms with E-state index in [1.165, 1.54) is 12.3 Å². The van der Waals surface area contributed by atoms with Gasteiger partial charge in [0.1, 0.15) is 5.82 Å². The Morgan fingerprint density at radius 1 is 1.45 bits per heavy atom. The lowest BCUT2D eigenvalue weighted by molar-refractivity contribution is 0.0400. The van der Waals surface area contributed by atoms with Crippen molar-refractivity contribution in [3.63, 3.8) is 0 Å². The van der Waals surface area contributed by atoms with E-state index in [0.29, 0.717) is 25.4 Å². The normalized spacial score (nSPS) is 16.1. The molecule has 3 unspecified atom stereocenters. The number of nitrogens with zero attached hydrogens (tertiary/aromatic N) is 2. The number of nitrogens with two attached hydrogens (primary N) is 1. The summed E-state index contributed by atoms with van der Waals surface area (Å²) < 4.78 is 17.7. The van der Waals surface area contributed by atoms with Crippen LogP contribution < -0.4 is 5.73 Å². The second kappa shape index (κ2) is 8.26. The van der Waals surface area contributed by atoms with Gasteiger partial charge in [-0.15, -0.1) is 0 Å². The van der Waals surface area contributed by atoms with Gasteiger partial charge in [-0.2, -0.15) is 0 Å². The summed E-state index contributed by atoms with van der Waals surface area (Å²) >= 11 is 0. The number of likely N-dealkylation sites (N-methyl/N-ethyl adjacent to an activating group) is 1. The van der Waals surface area contributed by atoms with Crippen LogP contribution in [0.15, 0.2) is 18.3 Å². The molecule has 1 heterocycles. The summed E-state index contributed by atoms with van der Waals surface area (Å²) in [5.41, 5.74) is 6.80. The van der Waals surface area contributed by atoms with E-state index >= 15 is 0 Å². The van der Waals surface area contributed by atoms with Crippen LogP contribution in [0.1, 0.15) is 18.7 Å². The predicted octanol–water partition coefficient (Wildman–Crippen LogP) is 0.796. The number of ether oxygens (including phenoxy) is 1. The van der Waals surface area contributed by atoms with Crippen molar-refractivity contribution in [2.75, 3.05) is 33.9 Å². The maximum atomic E-state index is 12.8. The van der Waals surface area contributed by atoms with Crippen molar-refractivity contribution < 1.29 is 14.2 Å². The Morgan fingerprint density at radius 2 is 2.15 bits per heavy atom. The summed E-state index contributed by atoms with van der Waals surface area (Å²) in [7, 11) is 3.47. The molecule has 0 saturated carbocycles. The maximum Gasteiger partial charge on any atom is 0.141 e. The average molecular weight is 285 g/mol. The Morgan fingerprint density at radius 3 is 2.70 bits per heavy atom. The fourth-order valence-corrected chi connectivity index (χ4v) is 2.16. The zero-order chi connectivity index (χ0) is 15.1. The van der Waals surface area contributed by atoms with Crippen LogP contribution in [0.5, 0.6) is 0 Å². The largest absolute Gasteiger partial charge is 0.389 e. The van der Waals surface area contributed by atoms with Crippen molar-refractivity contribution in [2.45, 2.75) is 19.1 Å². The number of halogens is 1. The van der Waals surface area contributed by atoms with E-state index in [9.17, 15) is 9.50 Å². The van der Waals surface area contributed by atoms with Gasteiger partial charge < -0.3 is 20.5 Å². The number of aliphatic hydroxyl groups is 1. The lowest BCUT2D eigenvalue weighted by atomic mass is 9.98. The molecule has 114 valence electrons. The molecule has 0 aliphatic heterocycles. The smallest absolute Gasteiger partial charge is 0.141 e. The molecule has 0 bridgehead atoms. The van der Waals surface area contributed by atoms with Crippen molar-refractivity contribution in [3.05, 3.63) is 29.8 Å². The average Bonchev–Trinajstić information content (AvgIpc) is 2.38. The summed E-state index contributed by atoms with van der Waals surface area (Å²) in [5, 5.41) is 9.67. The van der Waals surface area contributed by atoms with Crippen LogP contribution in [0, 0.1) is 11.7 Å². The van der Waals surface area contributed by atoms with Gasteiger partial charge >= 0.3 is 0 Å². The van der Waals surface area contributed by atoms with E-state index in [1.807, 2.05) is 18.9 Å². The molecule has 3 atom stereocenters. The Kier molecular flexibility index (Phi) is 7.01. The molecule has 0 amide bonds. The molecule has 0 fully saturated rings. The highest BCUT2D eigenvalue weighted by atomic mass is 19.1. The van der Waals surface area contributed by atoms with Gasteiger partial charge in [-0.25, -0.2) is 4.39 Å². The van der Waals surface area contributed by atoms with E-state index in [2.05, 4.69) is 4.98 Å². The molecule has 0 saturated heterocycles. The zero-order valence-electron chi connectivity index (χ0n) is 12.3. The van der Waals surface area contributed by atoms with Gasteiger partial charge in [-0.05, 0) is 25.1 Å². The summed E-state index contributed by atoms with van der Waals surface area (Å²) in [6, 6.07) is 2.70. The highest BCUT2D eigenvalue weighted by molar-refractivity contribution is 5.10. The molecule has 1 aromatic rings. The van der Waals surface area contributed by atoms with Crippen LogP contribution in [0.25, 0.3) is 0 Å². The molecule has 0 spiro atoms. The number of methoxy groups -OCH3 is 1. The second-order valence-electron chi connectivity index (χ2n) is 5.23. The minimum Gasteiger partial charge on any atom is -0.389 e. The summed E-state index contributed by atoms with van der Waals surface area (Å²) in [6.07, 6.45) is 0.658. The highest BCUT2D eigenvalue weighted by Gasteiger charge is 2.19. The van der Waals surface area contributed by atoms with Crippen molar-refractivity contribution >= 4 is 0 Å². The van der Waals surface area contributed by atoms with Crippen LogP contribution >= 0.6 is 0 Å². The first-order chi connectivity index (χ1) is 9.43. The Labute approximate surface area is 119 Å². The number of pyridine rings is 1. The summed E-state index contributed by atoms with van der Waals surface area (Å²) in [6.45, 7) is 3.54. The molecule has 0 radical (unpaired) electrons. The molecule has 6 heteroatoms. The minimum atomic E-state index is -0.516. The first kappa shape index (κ1) is 17.0. The standard InChI is InChI=1S/C14H24FN3O2/c1-10(7-18(2)8-12(19)9-20-3)14(16)13-5-4-11(15)6-17-13/h4-6,10,12,14,19H,7-9,16H2,1-3H3. The topological polar surface area (TPSA) is 71.6 Å². The number of hydrogen-bond donors (Lipinski definition) is 2. The molecule has 0 aliphatic carbocycles. The van der Waals surface area contributed by atoms with Crippen molar-refractivity contribution in [1.82, 2.24) is 9.88 Å². The summed E-state index contributed by atoms with van der Waals surface area (Å²) in [4.78, 5) is 6.01. The van der Waals surface area contributed by atoms with Crippen LogP contribution in [0.3, 0.4) is 0 Å². The molecule has 1 aromatic heterocycles. The monoisotopic (exact) mass is 285 g/mol. The maximum absolute atomic E-state index is 12.8. The minimum absolute atomic E-state index is 0.132. The van der Waals surface area contributed by atoms with Gasteiger partial charge in [0.2, 0.25) is 0 Å². The quantitative estimate of drug-likeness (QED) is 0.739. The number of aliphatic hydroxyl groups excluding tert-OH is 1. The van der Waals surface area contributed by atoms with Crippen LogP contribution in [-0.2, 0) is 4.74 Å². The van der Waals surface area contributed by atoms with Crippen molar-refractivity contribution in [1.29, 1.82) is 0 Å². The fourth-order valence-electron chi connectivity index (χ4n) is 2.16. The molecule has 20 heavy (non-hydrogen) atoms. The first-order valence-corrected chi connectivity index (χ1v) is 6.66. The lowest BCUT2D eigenvalue weighted by Crippen LogP contribution is -2.37. The molecular weight excluding hydrogens is 261 g/mol. The van der Waals surface area contributed by atoms with Crippen molar-refractivity contribution in [3.8, 4) is 0 Å². The van der Waals surface area contributed by atoms with E-state index in [4.69, 9.17) is 10.5 Å². The van der Waals surface area contributed by atoms with Crippen LogP contribution in [0.4, 0.5) is 4.39 Å². The second-order valence-corrected chi connectivity index (χ2v) is 5.23. The molecule has 0 aliphatic rings. The van der Waals surface area contributed by atoms with Crippen molar-refractivity contribution in [2.24, 2.45) is 11.7 Å². The third-order valence-electron chi connectivity index (χ3n) is 3.19. The first-order valence-electron chi connectivity index (χ1n) is 6.66. The highest BCUT2D eigenvalue weighted by Crippen LogP contribution is 2.18. The van der Waals surface area contributed by atoms with E-state index < -0.39 is 6.10 Å². The van der Waals surface area contributed by atoms with E-state index in [-0.39, 0.29) is 17.8 Å². The Balaban J connectivity index is 2.48. The molecule has 0 aromatic carbocycles. The fraction of sp³-hybridized carbons (Fsp3) is 0.643. The number of hydrogen-bond acceptors (Lipinski definition) is 5. The van der Waals surface area contributed by atoms with Gasteiger partial charge in [-0.3, -0.25) is 4.98 Å². The molecular formula is C14H24FN3O2. The third kappa shape index (κ3) is 5.50. The van der Waals surface area contributed by atoms with Crippen LogP contribution in [0.2, 0.25) is 0 Å². The van der Waals surface area contributed by atoms with Gasteiger partial charge in [0.15, 0.2) is 0 Å². The van der Waals surface area contributed by atoms with E-state index in [0.717, 1.165) is 0 Å². The SMILES string of the molecule is COCC(O)CN(C)CC(C)C(N)c1ccc(F)cn1. The lowest BCUT2D eigenvalue weighted by Gasteiger charge is -2.26. The Bertz CT molecular complexity index is 389.